The zero-order valence-corrected chi connectivity index (χ0v) is 10.9. The van der Waals surface area contributed by atoms with Gasteiger partial charge < -0.3 is 5.73 Å². The van der Waals surface area contributed by atoms with E-state index in [0.29, 0.717) is 12.5 Å². The molecule has 0 bridgehead atoms. The van der Waals surface area contributed by atoms with E-state index in [-0.39, 0.29) is 12.4 Å². The van der Waals surface area contributed by atoms with Crippen LogP contribution in [0.4, 0.5) is 0 Å². The van der Waals surface area contributed by atoms with Gasteiger partial charge >= 0.3 is 0 Å². The molecule has 1 aliphatic heterocycles. The van der Waals surface area contributed by atoms with Crippen molar-refractivity contribution in [2.45, 2.75) is 25.2 Å². The van der Waals surface area contributed by atoms with Crippen LogP contribution in [-0.2, 0) is 6.42 Å². The Morgan fingerprint density at radius 3 is 3.06 bits per heavy atom. The fourth-order valence-corrected chi connectivity index (χ4v) is 3.03. The number of nitrogens with zero attached hydrogens (tertiary/aromatic N) is 2. The number of nitrogens with two attached hydrogens (primary N) is 1. The summed E-state index contributed by atoms with van der Waals surface area (Å²) in [6.07, 6.45) is 5.23. The van der Waals surface area contributed by atoms with Gasteiger partial charge in [0.15, 0.2) is 0 Å². The summed E-state index contributed by atoms with van der Waals surface area (Å²) in [5, 5.41) is 0. The van der Waals surface area contributed by atoms with Crippen LogP contribution in [0.1, 0.15) is 30.3 Å². The molecule has 0 saturated carbocycles. The Kier molecular flexibility index (Phi) is 6.09. The first kappa shape index (κ1) is 13.7. The van der Waals surface area contributed by atoms with Crippen LogP contribution in [-0.4, -0.2) is 28.0 Å². The first-order valence-electron chi connectivity index (χ1n) is 5.50. The van der Waals surface area contributed by atoms with Crippen LogP contribution in [0.2, 0.25) is 0 Å². The van der Waals surface area contributed by atoms with Gasteiger partial charge in [-0.1, -0.05) is 0 Å². The summed E-state index contributed by atoms with van der Waals surface area (Å²) in [5.74, 6) is 4.03. The highest BCUT2D eigenvalue weighted by Gasteiger charge is 2.17. The van der Waals surface area contributed by atoms with Crippen LogP contribution in [0.3, 0.4) is 0 Å². The SMILES string of the molecule is Cl.NCCc1nccc(C2CCCSC2)n1. The van der Waals surface area contributed by atoms with Crippen molar-refractivity contribution in [1.29, 1.82) is 0 Å². The van der Waals surface area contributed by atoms with Gasteiger partial charge in [0, 0.05) is 30.0 Å². The lowest BCUT2D eigenvalue weighted by atomic mass is 10.0. The fraction of sp³-hybridized carbons (Fsp3) is 0.636. The Bertz CT molecular complexity index is 316. The van der Waals surface area contributed by atoms with E-state index in [9.17, 15) is 0 Å². The summed E-state index contributed by atoms with van der Waals surface area (Å²) in [6, 6.07) is 2.05. The molecule has 90 valence electrons. The number of aromatic nitrogens is 2. The van der Waals surface area contributed by atoms with E-state index in [2.05, 4.69) is 16.0 Å². The van der Waals surface area contributed by atoms with Crippen LogP contribution >= 0.6 is 24.2 Å². The van der Waals surface area contributed by atoms with E-state index in [4.69, 9.17) is 5.73 Å². The Morgan fingerprint density at radius 2 is 2.38 bits per heavy atom. The van der Waals surface area contributed by atoms with Crippen molar-refractivity contribution in [3.8, 4) is 0 Å². The fourth-order valence-electron chi connectivity index (χ4n) is 1.87. The molecule has 0 radical (unpaired) electrons. The highest BCUT2D eigenvalue weighted by Crippen LogP contribution is 2.29. The van der Waals surface area contributed by atoms with Crippen LogP contribution in [0.5, 0.6) is 0 Å². The van der Waals surface area contributed by atoms with Crippen LogP contribution in [0, 0.1) is 0 Å². The van der Waals surface area contributed by atoms with Gasteiger partial charge in [0.25, 0.3) is 0 Å². The molecule has 1 atom stereocenters. The van der Waals surface area contributed by atoms with Gasteiger partial charge in [-0.25, -0.2) is 9.97 Å². The molecule has 1 saturated heterocycles. The molecule has 0 amide bonds. The van der Waals surface area contributed by atoms with Crippen molar-refractivity contribution in [2.75, 3.05) is 18.1 Å². The van der Waals surface area contributed by atoms with E-state index in [1.807, 2.05) is 18.0 Å². The van der Waals surface area contributed by atoms with Crippen molar-refractivity contribution in [2.24, 2.45) is 5.73 Å². The molecule has 5 heteroatoms. The van der Waals surface area contributed by atoms with Crippen LogP contribution in [0.25, 0.3) is 0 Å². The topological polar surface area (TPSA) is 51.8 Å². The van der Waals surface area contributed by atoms with Gasteiger partial charge in [0.1, 0.15) is 5.82 Å². The zero-order chi connectivity index (χ0) is 10.5. The predicted molar refractivity (Wildman–Crippen MR) is 71.3 cm³/mol. The standard InChI is InChI=1S/C11H17N3S.ClH/c12-5-3-11-13-6-4-10(14-11)9-2-1-7-15-8-9;/h4,6,9H,1-3,5,7-8,12H2;1H. The molecule has 0 aromatic carbocycles. The molecule has 2 N–H and O–H groups in total. The van der Waals surface area contributed by atoms with Gasteiger partial charge in [-0.3, -0.25) is 0 Å². The first-order valence-corrected chi connectivity index (χ1v) is 6.65. The molecular formula is C11H18ClN3S. The summed E-state index contributed by atoms with van der Waals surface area (Å²) < 4.78 is 0. The average molecular weight is 260 g/mol. The number of rotatable bonds is 3. The van der Waals surface area contributed by atoms with Crippen molar-refractivity contribution >= 4 is 24.2 Å². The molecule has 2 heterocycles. The molecule has 3 nitrogen and oxygen atoms in total. The molecule has 0 aliphatic carbocycles. The first-order chi connectivity index (χ1) is 7.40. The highest BCUT2D eigenvalue weighted by atomic mass is 35.5. The average Bonchev–Trinajstić information content (AvgIpc) is 2.31. The lowest BCUT2D eigenvalue weighted by Crippen LogP contribution is -2.13. The zero-order valence-electron chi connectivity index (χ0n) is 9.26. The van der Waals surface area contributed by atoms with Crippen molar-refractivity contribution < 1.29 is 0 Å². The van der Waals surface area contributed by atoms with E-state index in [1.54, 1.807) is 0 Å². The maximum atomic E-state index is 5.50. The smallest absolute Gasteiger partial charge is 0.129 e. The molecule has 16 heavy (non-hydrogen) atoms. The summed E-state index contributed by atoms with van der Waals surface area (Å²) in [7, 11) is 0. The van der Waals surface area contributed by atoms with Gasteiger partial charge in [0.2, 0.25) is 0 Å². The Morgan fingerprint density at radius 1 is 1.50 bits per heavy atom. The van der Waals surface area contributed by atoms with Gasteiger partial charge in [0.05, 0.1) is 0 Å². The maximum absolute atomic E-state index is 5.50. The largest absolute Gasteiger partial charge is 0.330 e. The summed E-state index contributed by atoms with van der Waals surface area (Å²) in [6.45, 7) is 0.628. The van der Waals surface area contributed by atoms with Gasteiger partial charge in [-0.2, -0.15) is 11.8 Å². The third-order valence-corrected chi connectivity index (χ3v) is 3.89. The molecule has 1 aromatic heterocycles. The third kappa shape index (κ3) is 3.61. The Labute approximate surface area is 107 Å². The minimum absolute atomic E-state index is 0. The van der Waals surface area contributed by atoms with Crippen molar-refractivity contribution in [3.63, 3.8) is 0 Å². The molecule has 1 aliphatic rings. The summed E-state index contributed by atoms with van der Waals surface area (Å²) in [5.41, 5.74) is 6.71. The summed E-state index contributed by atoms with van der Waals surface area (Å²) in [4.78, 5) is 8.81. The Hall–Kier alpha value is -0.320. The van der Waals surface area contributed by atoms with Gasteiger partial charge in [-0.15, -0.1) is 12.4 Å². The van der Waals surface area contributed by atoms with E-state index >= 15 is 0 Å². The second-order valence-corrected chi connectivity index (χ2v) is 5.00. The maximum Gasteiger partial charge on any atom is 0.129 e. The highest BCUT2D eigenvalue weighted by molar-refractivity contribution is 7.99. The summed E-state index contributed by atoms with van der Waals surface area (Å²) >= 11 is 2.03. The monoisotopic (exact) mass is 259 g/mol. The van der Waals surface area contributed by atoms with Crippen molar-refractivity contribution in [3.05, 3.63) is 23.8 Å². The normalized spacial score (nSPS) is 20.2. The van der Waals surface area contributed by atoms with Crippen LogP contribution in [0.15, 0.2) is 12.3 Å². The second kappa shape index (κ2) is 7.09. The molecule has 1 aromatic rings. The van der Waals surface area contributed by atoms with E-state index < -0.39 is 0 Å². The number of halogens is 1. The third-order valence-electron chi connectivity index (χ3n) is 2.67. The number of thioether (sulfide) groups is 1. The van der Waals surface area contributed by atoms with Crippen LogP contribution < -0.4 is 5.73 Å². The lowest BCUT2D eigenvalue weighted by Gasteiger charge is -2.20. The molecule has 2 rings (SSSR count). The molecular weight excluding hydrogens is 242 g/mol. The number of hydrogen-bond acceptors (Lipinski definition) is 4. The number of hydrogen-bond donors (Lipinski definition) is 1. The minimum atomic E-state index is 0. The molecule has 1 fully saturated rings. The predicted octanol–water partition coefficient (Wildman–Crippen LogP) is 2.01. The minimum Gasteiger partial charge on any atom is -0.330 e. The van der Waals surface area contributed by atoms with Gasteiger partial charge in [-0.05, 0) is 31.2 Å². The quantitative estimate of drug-likeness (QED) is 0.902. The van der Waals surface area contributed by atoms with Crippen molar-refractivity contribution in [1.82, 2.24) is 9.97 Å². The lowest BCUT2D eigenvalue weighted by molar-refractivity contribution is 0.635. The molecule has 1 unspecified atom stereocenters. The van der Waals surface area contributed by atoms with E-state index in [1.165, 1.54) is 30.0 Å². The molecule has 0 spiro atoms. The second-order valence-electron chi connectivity index (χ2n) is 3.85. The van der Waals surface area contributed by atoms with E-state index in [0.717, 1.165) is 12.2 Å². The Balaban J connectivity index is 0.00000128.